The van der Waals surface area contributed by atoms with Crippen LogP contribution >= 0.6 is 0 Å². The molecular weight excluding hydrogens is 518 g/mol. The highest BCUT2D eigenvalue weighted by molar-refractivity contribution is 7.91. The van der Waals surface area contributed by atoms with Gasteiger partial charge in [-0.1, -0.05) is 56.3 Å². The van der Waals surface area contributed by atoms with Crippen molar-refractivity contribution in [2.24, 2.45) is 23.5 Å². The molecule has 0 radical (unpaired) electrons. The molecule has 0 aliphatic heterocycles. The van der Waals surface area contributed by atoms with Gasteiger partial charge >= 0.3 is 5.97 Å². The Morgan fingerprint density at radius 2 is 1.72 bits per heavy atom. The molecule has 3 atom stereocenters. The minimum atomic E-state index is -3.55. The molecule has 2 rings (SSSR count). The maximum absolute atomic E-state index is 13.1. The third-order valence-corrected chi connectivity index (χ3v) is 8.24. The fourth-order valence-electron chi connectivity index (χ4n) is 4.04. The Morgan fingerprint density at radius 3 is 2.36 bits per heavy atom. The van der Waals surface area contributed by atoms with Crippen LogP contribution in [0.4, 0.5) is 0 Å². The Kier molecular flexibility index (Phi) is 13.4. The highest BCUT2D eigenvalue weighted by Gasteiger charge is 2.30. The predicted octanol–water partition coefficient (Wildman–Crippen LogP) is 2.68. The summed E-state index contributed by atoms with van der Waals surface area (Å²) in [6.07, 6.45) is 0.223. The van der Waals surface area contributed by atoms with E-state index in [0.717, 1.165) is 16.9 Å². The van der Waals surface area contributed by atoms with Gasteiger partial charge in [0, 0.05) is 25.9 Å². The standard InChI is InChI=1S/C29H43N3O6S/c1-21(2)13-14-39(35,36)20-25(17-27(33)31-3)29(34)38-19-24(15-22-9-6-5-7-10-22)28(30)32-18-23-11-8-12-26(16-23)37-4/h5-12,16,21,24-25,28,32H,13-15,17-20,30H2,1-4H3,(H,31,33)/t24-,25?,28?/m1/s1. The van der Waals surface area contributed by atoms with E-state index in [4.69, 9.17) is 15.2 Å². The molecule has 0 saturated heterocycles. The summed E-state index contributed by atoms with van der Waals surface area (Å²) in [7, 11) is -0.499. The summed E-state index contributed by atoms with van der Waals surface area (Å²) in [5, 5.41) is 5.76. The molecule has 2 aromatic rings. The fraction of sp³-hybridized carbons (Fsp3) is 0.517. The lowest BCUT2D eigenvalue weighted by Crippen LogP contribution is -2.46. The SMILES string of the molecule is CNC(=O)CC(CS(=O)(=O)CCC(C)C)C(=O)OC[C@@H](Cc1ccccc1)C(N)NCc1cccc(OC)c1. The van der Waals surface area contributed by atoms with Crippen molar-refractivity contribution < 1.29 is 27.5 Å². The van der Waals surface area contributed by atoms with Crippen LogP contribution in [0.25, 0.3) is 0 Å². The van der Waals surface area contributed by atoms with Gasteiger partial charge in [-0.15, -0.1) is 0 Å². The molecule has 0 spiro atoms. The topological polar surface area (TPSA) is 137 Å². The predicted molar refractivity (Wildman–Crippen MR) is 153 cm³/mol. The number of sulfone groups is 1. The van der Waals surface area contributed by atoms with Crippen LogP contribution < -0.4 is 21.1 Å². The number of nitrogens with one attached hydrogen (secondary N) is 2. The van der Waals surface area contributed by atoms with E-state index in [1.54, 1.807) is 7.11 Å². The van der Waals surface area contributed by atoms with Crippen molar-refractivity contribution >= 4 is 21.7 Å². The van der Waals surface area contributed by atoms with E-state index in [2.05, 4.69) is 10.6 Å². The molecule has 0 fully saturated rings. The molecule has 0 heterocycles. The number of amides is 1. The minimum Gasteiger partial charge on any atom is -0.497 e. The summed E-state index contributed by atoms with van der Waals surface area (Å²) in [6, 6.07) is 17.3. The number of nitrogens with two attached hydrogens (primary N) is 1. The Morgan fingerprint density at radius 1 is 1.03 bits per heavy atom. The first-order valence-electron chi connectivity index (χ1n) is 13.3. The van der Waals surface area contributed by atoms with Crippen molar-refractivity contribution in [2.45, 2.75) is 45.8 Å². The van der Waals surface area contributed by atoms with Crippen LogP contribution in [0.15, 0.2) is 54.6 Å². The number of carbonyl (C=O) groups excluding carboxylic acids is 2. The van der Waals surface area contributed by atoms with Crippen molar-refractivity contribution in [1.82, 2.24) is 10.6 Å². The lowest BCUT2D eigenvalue weighted by Gasteiger charge is -2.26. The first-order chi connectivity index (χ1) is 18.5. The van der Waals surface area contributed by atoms with Crippen LogP contribution in [-0.2, 0) is 37.1 Å². The van der Waals surface area contributed by atoms with E-state index < -0.39 is 39.6 Å². The van der Waals surface area contributed by atoms with Gasteiger partial charge in [-0.05, 0) is 42.0 Å². The summed E-state index contributed by atoms with van der Waals surface area (Å²) in [4.78, 5) is 25.2. The van der Waals surface area contributed by atoms with Crippen molar-refractivity contribution in [3.05, 3.63) is 65.7 Å². The second-order valence-corrected chi connectivity index (χ2v) is 12.4. The molecule has 4 N–H and O–H groups in total. The third-order valence-electron chi connectivity index (χ3n) is 6.47. The maximum Gasteiger partial charge on any atom is 0.310 e. The largest absolute Gasteiger partial charge is 0.497 e. The van der Waals surface area contributed by atoms with Gasteiger partial charge in [0.15, 0.2) is 9.84 Å². The van der Waals surface area contributed by atoms with Crippen LogP contribution in [0.3, 0.4) is 0 Å². The van der Waals surface area contributed by atoms with E-state index in [1.165, 1.54) is 7.05 Å². The van der Waals surface area contributed by atoms with Crippen LogP contribution in [0.2, 0.25) is 0 Å². The smallest absolute Gasteiger partial charge is 0.310 e. The number of hydrogen-bond acceptors (Lipinski definition) is 8. The molecule has 2 unspecified atom stereocenters. The summed E-state index contributed by atoms with van der Waals surface area (Å²) in [5.41, 5.74) is 8.53. The van der Waals surface area contributed by atoms with Gasteiger partial charge in [0.2, 0.25) is 5.91 Å². The van der Waals surface area contributed by atoms with E-state index in [0.29, 0.717) is 19.4 Å². The van der Waals surface area contributed by atoms with Crippen LogP contribution in [0.1, 0.15) is 37.8 Å². The van der Waals surface area contributed by atoms with Crippen molar-refractivity contribution in [1.29, 1.82) is 0 Å². The Hall–Kier alpha value is -2.95. The molecule has 1 amide bonds. The number of ether oxygens (including phenoxy) is 2. The lowest BCUT2D eigenvalue weighted by atomic mass is 9.97. The molecule has 0 aromatic heterocycles. The van der Waals surface area contributed by atoms with Gasteiger partial charge in [-0.25, -0.2) is 8.42 Å². The molecule has 39 heavy (non-hydrogen) atoms. The average molecular weight is 562 g/mol. The van der Waals surface area contributed by atoms with Gasteiger partial charge in [-0.2, -0.15) is 0 Å². The molecule has 10 heteroatoms. The lowest BCUT2D eigenvalue weighted by molar-refractivity contribution is -0.151. The van der Waals surface area contributed by atoms with E-state index >= 15 is 0 Å². The number of carbonyl (C=O) groups is 2. The Bertz CT molecular complexity index is 1140. The number of esters is 1. The number of hydrogen-bond donors (Lipinski definition) is 3. The van der Waals surface area contributed by atoms with Gasteiger partial charge < -0.3 is 20.5 Å². The van der Waals surface area contributed by atoms with Crippen molar-refractivity contribution in [3.8, 4) is 5.75 Å². The van der Waals surface area contributed by atoms with Crippen molar-refractivity contribution in [2.75, 3.05) is 32.3 Å². The molecule has 0 bridgehead atoms. The second kappa shape index (κ2) is 16.2. The number of benzene rings is 2. The van der Waals surface area contributed by atoms with Crippen LogP contribution in [0.5, 0.6) is 5.75 Å². The first kappa shape index (κ1) is 32.3. The van der Waals surface area contributed by atoms with Crippen molar-refractivity contribution in [3.63, 3.8) is 0 Å². The zero-order chi connectivity index (χ0) is 28.8. The highest BCUT2D eigenvalue weighted by atomic mass is 32.2. The first-order valence-corrected chi connectivity index (χ1v) is 15.1. The molecular formula is C29H43N3O6S. The summed E-state index contributed by atoms with van der Waals surface area (Å²) < 4.78 is 36.3. The monoisotopic (exact) mass is 561 g/mol. The van der Waals surface area contributed by atoms with Gasteiger partial charge in [0.05, 0.1) is 37.3 Å². The minimum absolute atomic E-state index is 0.0315. The van der Waals surface area contributed by atoms with Crippen LogP contribution in [-0.4, -0.2) is 58.7 Å². The maximum atomic E-state index is 13.1. The molecule has 0 aliphatic carbocycles. The highest BCUT2D eigenvalue weighted by Crippen LogP contribution is 2.17. The normalized spacial score (nSPS) is 13.9. The van der Waals surface area contributed by atoms with E-state index in [9.17, 15) is 18.0 Å². The molecule has 9 nitrogen and oxygen atoms in total. The molecule has 0 saturated carbocycles. The fourth-order valence-corrected chi connectivity index (χ4v) is 5.90. The van der Waals surface area contributed by atoms with Crippen LogP contribution in [0, 0.1) is 17.8 Å². The number of methoxy groups -OCH3 is 1. The molecule has 0 aliphatic rings. The second-order valence-electron chi connectivity index (χ2n) is 10.2. The van der Waals surface area contributed by atoms with E-state index in [-0.39, 0.29) is 30.6 Å². The summed E-state index contributed by atoms with van der Waals surface area (Å²) in [5.74, 6) is -2.08. The third kappa shape index (κ3) is 12.2. The van der Waals surface area contributed by atoms with E-state index in [1.807, 2.05) is 68.4 Å². The van der Waals surface area contributed by atoms with Gasteiger partial charge in [-0.3, -0.25) is 14.9 Å². The Balaban J connectivity index is 2.12. The zero-order valence-corrected chi connectivity index (χ0v) is 24.2. The quantitative estimate of drug-likeness (QED) is 0.198. The Labute approximate surface area is 232 Å². The molecule has 216 valence electrons. The number of rotatable bonds is 17. The zero-order valence-electron chi connectivity index (χ0n) is 23.4. The van der Waals surface area contributed by atoms with Gasteiger partial charge in [0.25, 0.3) is 0 Å². The van der Waals surface area contributed by atoms with Gasteiger partial charge in [0.1, 0.15) is 5.75 Å². The summed E-state index contributed by atoms with van der Waals surface area (Å²) in [6.45, 7) is 4.32. The molecule has 2 aromatic carbocycles. The average Bonchev–Trinajstić information content (AvgIpc) is 2.92. The summed E-state index contributed by atoms with van der Waals surface area (Å²) >= 11 is 0.